The summed E-state index contributed by atoms with van der Waals surface area (Å²) in [7, 11) is 0. The monoisotopic (exact) mass is 308 g/mol. The highest BCUT2D eigenvalue weighted by atomic mass is 35.5. The van der Waals surface area contributed by atoms with Gasteiger partial charge >= 0.3 is 0 Å². The lowest BCUT2D eigenvalue weighted by Gasteiger charge is -2.16. The zero-order chi connectivity index (χ0) is 14.5. The summed E-state index contributed by atoms with van der Waals surface area (Å²) < 4.78 is 0. The van der Waals surface area contributed by atoms with Crippen molar-refractivity contribution < 1.29 is 4.79 Å². The van der Waals surface area contributed by atoms with Crippen LogP contribution in [0.15, 0.2) is 48.5 Å². The highest BCUT2D eigenvalue weighted by Gasteiger charge is 2.17. The van der Waals surface area contributed by atoms with Gasteiger partial charge in [-0.05, 0) is 23.3 Å². The van der Waals surface area contributed by atoms with Crippen molar-refractivity contribution in [3.63, 3.8) is 0 Å². The number of carbonyl (C=O) groups is 1. The molecular weight excluding hydrogens is 295 g/mol. The van der Waals surface area contributed by atoms with Crippen molar-refractivity contribution in [2.24, 2.45) is 5.73 Å². The summed E-state index contributed by atoms with van der Waals surface area (Å²) in [5.74, 6) is -0.429. The lowest BCUT2D eigenvalue weighted by Crippen LogP contribution is -2.33. The number of amides is 1. The molecule has 0 unspecified atom stereocenters. The van der Waals surface area contributed by atoms with E-state index in [-0.39, 0.29) is 0 Å². The molecule has 104 valence electrons. The van der Waals surface area contributed by atoms with Crippen LogP contribution in [0.1, 0.15) is 17.2 Å². The number of nitrogens with one attached hydrogen (secondary N) is 1. The number of halogens is 2. The van der Waals surface area contributed by atoms with Crippen molar-refractivity contribution in [2.45, 2.75) is 12.6 Å². The fraction of sp³-hybridized carbons (Fsp3) is 0.133. The lowest BCUT2D eigenvalue weighted by atomic mass is 10.1. The second-order valence-corrected chi connectivity index (χ2v) is 5.21. The zero-order valence-corrected chi connectivity index (χ0v) is 12.2. The first-order valence-corrected chi connectivity index (χ1v) is 6.85. The lowest BCUT2D eigenvalue weighted by molar-refractivity contribution is -0.120. The average Bonchev–Trinajstić information content (AvgIpc) is 2.42. The topological polar surface area (TPSA) is 55.1 Å². The van der Waals surface area contributed by atoms with Crippen LogP contribution in [-0.2, 0) is 11.3 Å². The van der Waals surface area contributed by atoms with E-state index < -0.39 is 11.9 Å². The molecule has 3 N–H and O–H groups in total. The van der Waals surface area contributed by atoms with E-state index in [0.29, 0.717) is 16.6 Å². The van der Waals surface area contributed by atoms with Crippen LogP contribution in [0.3, 0.4) is 0 Å². The molecule has 5 heteroatoms. The van der Waals surface area contributed by atoms with Gasteiger partial charge in [-0.25, -0.2) is 0 Å². The Balaban J connectivity index is 2.12. The molecule has 2 aromatic carbocycles. The minimum atomic E-state index is -0.553. The summed E-state index contributed by atoms with van der Waals surface area (Å²) in [5, 5.41) is 4.24. The number of benzene rings is 2. The third-order valence-corrected chi connectivity index (χ3v) is 3.52. The Morgan fingerprint density at radius 3 is 2.45 bits per heavy atom. The number of carbonyl (C=O) groups excluding carboxylic acids is 1. The molecule has 0 saturated heterocycles. The Labute approximate surface area is 127 Å². The van der Waals surface area contributed by atoms with Gasteiger partial charge in [-0.3, -0.25) is 10.1 Å². The molecule has 2 aromatic rings. The van der Waals surface area contributed by atoms with E-state index in [4.69, 9.17) is 28.9 Å². The predicted octanol–water partition coefficient (Wildman–Crippen LogP) is 3.31. The van der Waals surface area contributed by atoms with Gasteiger partial charge in [-0.15, -0.1) is 0 Å². The van der Waals surface area contributed by atoms with Crippen LogP contribution in [-0.4, -0.2) is 5.91 Å². The fourth-order valence-corrected chi connectivity index (χ4v) is 2.38. The third kappa shape index (κ3) is 3.73. The Bertz CT molecular complexity index is 602. The van der Waals surface area contributed by atoms with Gasteiger partial charge in [-0.1, -0.05) is 59.6 Å². The largest absolute Gasteiger partial charge is 0.368 e. The van der Waals surface area contributed by atoms with Gasteiger partial charge in [0.2, 0.25) is 5.91 Å². The van der Waals surface area contributed by atoms with Crippen molar-refractivity contribution >= 4 is 29.1 Å². The molecular formula is C15H14Cl2N2O. The number of primary amides is 1. The van der Waals surface area contributed by atoms with Crippen LogP contribution in [0.4, 0.5) is 0 Å². The Kier molecular flexibility index (Phi) is 5.01. The normalized spacial score (nSPS) is 12.1. The fourth-order valence-electron chi connectivity index (χ4n) is 1.91. The van der Waals surface area contributed by atoms with E-state index in [0.717, 1.165) is 11.1 Å². The first-order chi connectivity index (χ1) is 9.58. The summed E-state index contributed by atoms with van der Waals surface area (Å²) >= 11 is 11.9. The van der Waals surface area contributed by atoms with Gasteiger partial charge in [-0.2, -0.15) is 0 Å². The van der Waals surface area contributed by atoms with Gasteiger partial charge in [0.25, 0.3) is 0 Å². The summed E-state index contributed by atoms with van der Waals surface area (Å²) in [6, 6.07) is 14.0. The first-order valence-electron chi connectivity index (χ1n) is 6.09. The number of nitrogens with two attached hydrogens (primary N) is 1. The Morgan fingerprint density at radius 2 is 1.85 bits per heavy atom. The van der Waals surface area contributed by atoms with E-state index in [9.17, 15) is 4.79 Å². The van der Waals surface area contributed by atoms with Crippen LogP contribution in [0, 0.1) is 0 Å². The van der Waals surface area contributed by atoms with Gasteiger partial charge in [0.1, 0.15) is 6.04 Å². The van der Waals surface area contributed by atoms with E-state index >= 15 is 0 Å². The van der Waals surface area contributed by atoms with Gasteiger partial charge in [0, 0.05) is 16.6 Å². The molecule has 0 fully saturated rings. The zero-order valence-electron chi connectivity index (χ0n) is 10.6. The quantitative estimate of drug-likeness (QED) is 0.890. The molecule has 0 aliphatic carbocycles. The smallest absolute Gasteiger partial charge is 0.239 e. The maximum atomic E-state index is 11.6. The molecule has 0 bridgehead atoms. The SMILES string of the molecule is NC(=O)[C@@H](NCc1ccc(Cl)cc1Cl)c1ccccc1. The average molecular weight is 309 g/mol. The highest BCUT2D eigenvalue weighted by Crippen LogP contribution is 2.22. The van der Waals surface area contributed by atoms with E-state index in [1.165, 1.54) is 0 Å². The minimum absolute atomic E-state index is 0.429. The van der Waals surface area contributed by atoms with Crippen LogP contribution in [0.2, 0.25) is 10.0 Å². The van der Waals surface area contributed by atoms with Gasteiger partial charge in [0.05, 0.1) is 0 Å². The van der Waals surface area contributed by atoms with Crippen LogP contribution in [0.25, 0.3) is 0 Å². The summed E-state index contributed by atoms with van der Waals surface area (Å²) in [6.07, 6.45) is 0. The van der Waals surface area contributed by atoms with E-state index in [1.54, 1.807) is 12.1 Å². The summed E-state index contributed by atoms with van der Waals surface area (Å²) in [5.41, 5.74) is 7.12. The summed E-state index contributed by atoms with van der Waals surface area (Å²) in [6.45, 7) is 0.429. The molecule has 0 aliphatic heterocycles. The minimum Gasteiger partial charge on any atom is -0.368 e. The molecule has 20 heavy (non-hydrogen) atoms. The molecule has 2 rings (SSSR count). The standard InChI is InChI=1S/C15H14Cl2N2O/c16-12-7-6-11(13(17)8-12)9-19-14(15(18)20)10-4-2-1-3-5-10/h1-8,14,19H,9H2,(H2,18,20)/t14-/m0/s1. The third-order valence-electron chi connectivity index (χ3n) is 2.93. The van der Waals surface area contributed by atoms with Crippen LogP contribution < -0.4 is 11.1 Å². The second kappa shape index (κ2) is 6.75. The first kappa shape index (κ1) is 14.9. The molecule has 3 nitrogen and oxygen atoms in total. The molecule has 0 heterocycles. The molecule has 0 spiro atoms. The Hall–Kier alpha value is -1.55. The number of hydrogen-bond acceptors (Lipinski definition) is 2. The molecule has 0 radical (unpaired) electrons. The Morgan fingerprint density at radius 1 is 1.15 bits per heavy atom. The van der Waals surface area contributed by atoms with Crippen molar-refractivity contribution in [1.82, 2.24) is 5.32 Å². The maximum Gasteiger partial charge on any atom is 0.239 e. The van der Waals surface area contributed by atoms with E-state index in [2.05, 4.69) is 5.32 Å². The second-order valence-electron chi connectivity index (χ2n) is 4.36. The molecule has 0 aliphatic rings. The molecule has 0 saturated carbocycles. The maximum absolute atomic E-state index is 11.6. The summed E-state index contributed by atoms with van der Waals surface area (Å²) in [4.78, 5) is 11.6. The number of hydrogen-bond donors (Lipinski definition) is 2. The van der Waals surface area contributed by atoms with E-state index in [1.807, 2.05) is 36.4 Å². The molecule has 1 amide bonds. The van der Waals surface area contributed by atoms with Crippen LogP contribution in [0.5, 0.6) is 0 Å². The van der Waals surface area contributed by atoms with Crippen LogP contribution >= 0.6 is 23.2 Å². The highest BCUT2D eigenvalue weighted by molar-refractivity contribution is 6.35. The molecule has 1 atom stereocenters. The molecule has 0 aromatic heterocycles. The van der Waals surface area contributed by atoms with Crippen molar-refractivity contribution in [3.8, 4) is 0 Å². The van der Waals surface area contributed by atoms with Gasteiger partial charge < -0.3 is 5.73 Å². The van der Waals surface area contributed by atoms with Crippen molar-refractivity contribution in [2.75, 3.05) is 0 Å². The number of rotatable bonds is 5. The predicted molar refractivity (Wildman–Crippen MR) is 81.7 cm³/mol. The van der Waals surface area contributed by atoms with Crippen molar-refractivity contribution in [3.05, 3.63) is 69.7 Å². The van der Waals surface area contributed by atoms with Gasteiger partial charge in [0.15, 0.2) is 0 Å². The van der Waals surface area contributed by atoms with Crippen molar-refractivity contribution in [1.29, 1.82) is 0 Å².